The number of carbonyl (C=O) groups excluding carboxylic acids is 1. The standard InChI is InChI=1S/C17H21N5O3/c1-2-21(11-16(23)24)13-9-12(10-13)19-17(25)14-5-3-6-15(20-14)22-8-4-7-18-22/h3-8,12-13H,2,9-11H2,1H3,(H,19,25)(H,23,24). The second kappa shape index (κ2) is 7.43. The van der Waals surface area contributed by atoms with Crippen LogP contribution in [0.2, 0.25) is 0 Å². The molecule has 0 spiro atoms. The van der Waals surface area contributed by atoms with Gasteiger partial charge in [-0.1, -0.05) is 13.0 Å². The van der Waals surface area contributed by atoms with Gasteiger partial charge in [0.15, 0.2) is 5.82 Å². The van der Waals surface area contributed by atoms with E-state index in [1.165, 1.54) is 0 Å². The predicted molar refractivity (Wildman–Crippen MR) is 90.5 cm³/mol. The average molecular weight is 343 g/mol. The molecule has 0 aliphatic heterocycles. The SMILES string of the molecule is CCN(CC(=O)O)C1CC(NC(=O)c2cccc(-n3cccn3)n2)C1. The fourth-order valence-corrected chi connectivity index (χ4v) is 3.02. The van der Waals surface area contributed by atoms with Crippen LogP contribution in [0.15, 0.2) is 36.7 Å². The lowest BCUT2D eigenvalue weighted by Crippen LogP contribution is -2.54. The molecule has 2 aromatic heterocycles. The summed E-state index contributed by atoms with van der Waals surface area (Å²) in [5, 5.41) is 16.0. The molecule has 25 heavy (non-hydrogen) atoms. The molecular formula is C17H21N5O3. The van der Waals surface area contributed by atoms with Crippen LogP contribution in [0.5, 0.6) is 0 Å². The van der Waals surface area contributed by atoms with Crippen LogP contribution in [0.4, 0.5) is 0 Å². The van der Waals surface area contributed by atoms with Crippen molar-refractivity contribution in [1.29, 1.82) is 0 Å². The van der Waals surface area contributed by atoms with Gasteiger partial charge in [0.25, 0.3) is 5.91 Å². The van der Waals surface area contributed by atoms with Gasteiger partial charge in [-0.2, -0.15) is 5.10 Å². The van der Waals surface area contributed by atoms with Crippen LogP contribution in [0.1, 0.15) is 30.3 Å². The summed E-state index contributed by atoms with van der Waals surface area (Å²) >= 11 is 0. The number of hydrogen-bond donors (Lipinski definition) is 2. The summed E-state index contributed by atoms with van der Waals surface area (Å²) in [5.74, 6) is -0.463. The van der Waals surface area contributed by atoms with Gasteiger partial charge in [0.05, 0.1) is 6.54 Å². The number of carboxylic acids is 1. The monoisotopic (exact) mass is 343 g/mol. The molecule has 1 aliphatic rings. The first kappa shape index (κ1) is 17.1. The van der Waals surface area contributed by atoms with Gasteiger partial charge in [0.1, 0.15) is 5.69 Å². The van der Waals surface area contributed by atoms with Crippen LogP contribution in [-0.2, 0) is 4.79 Å². The Morgan fingerprint density at radius 3 is 2.80 bits per heavy atom. The largest absolute Gasteiger partial charge is 0.480 e. The van der Waals surface area contributed by atoms with Crippen molar-refractivity contribution in [2.24, 2.45) is 0 Å². The van der Waals surface area contributed by atoms with E-state index in [0.717, 1.165) is 12.8 Å². The normalized spacial score (nSPS) is 19.4. The molecule has 8 nitrogen and oxygen atoms in total. The number of likely N-dealkylation sites (N-methyl/N-ethyl adjacent to an activating group) is 1. The number of amides is 1. The fourth-order valence-electron chi connectivity index (χ4n) is 3.02. The van der Waals surface area contributed by atoms with Crippen molar-refractivity contribution in [2.45, 2.75) is 31.8 Å². The Kier molecular flexibility index (Phi) is 5.08. The molecule has 2 aromatic rings. The van der Waals surface area contributed by atoms with Crippen LogP contribution < -0.4 is 5.32 Å². The smallest absolute Gasteiger partial charge is 0.317 e. The number of aliphatic carboxylic acids is 1. The Bertz CT molecular complexity index is 741. The maximum absolute atomic E-state index is 12.4. The Balaban J connectivity index is 1.56. The molecule has 3 rings (SSSR count). The van der Waals surface area contributed by atoms with Crippen molar-refractivity contribution in [3.63, 3.8) is 0 Å². The van der Waals surface area contributed by atoms with Gasteiger partial charge in [-0.15, -0.1) is 0 Å². The molecule has 1 saturated carbocycles. The first-order valence-corrected chi connectivity index (χ1v) is 8.30. The lowest BCUT2D eigenvalue weighted by Gasteiger charge is -2.42. The average Bonchev–Trinajstić information content (AvgIpc) is 3.10. The van der Waals surface area contributed by atoms with E-state index in [9.17, 15) is 9.59 Å². The molecule has 2 N–H and O–H groups in total. The Labute approximate surface area is 145 Å². The Morgan fingerprint density at radius 2 is 2.16 bits per heavy atom. The number of carboxylic acid groups (broad SMARTS) is 1. The summed E-state index contributed by atoms with van der Waals surface area (Å²) in [5.41, 5.74) is 0.342. The van der Waals surface area contributed by atoms with E-state index in [2.05, 4.69) is 15.4 Å². The highest BCUT2D eigenvalue weighted by Gasteiger charge is 2.34. The third kappa shape index (κ3) is 4.03. The van der Waals surface area contributed by atoms with Crippen LogP contribution in [-0.4, -0.2) is 61.8 Å². The van der Waals surface area contributed by atoms with Gasteiger partial charge in [0, 0.05) is 24.5 Å². The molecule has 8 heteroatoms. The van der Waals surface area contributed by atoms with Crippen LogP contribution in [0, 0.1) is 0 Å². The molecule has 1 amide bonds. The minimum absolute atomic E-state index is 0.0370. The number of aromatic nitrogens is 3. The number of carbonyl (C=O) groups is 2. The van der Waals surface area contributed by atoms with E-state index in [4.69, 9.17) is 5.11 Å². The second-order valence-electron chi connectivity index (χ2n) is 6.08. The summed E-state index contributed by atoms with van der Waals surface area (Å²) in [6.07, 6.45) is 4.93. The Morgan fingerprint density at radius 1 is 1.36 bits per heavy atom. The number of nitrogens with one attached hydrogen (secondary N) is 1. The zero-order chi connectivity index (χ0) is 17.8. The lowest BCUT2D eigenvalue weighted by molar-refractivity contribution is -0.139. The van der Waals surface area contributed by atoms with Gasteiger partial charge in [-0.3, -0.25) is 14.5 Å². The molecule has 0 aromatic carbocycles. The first-order valence-electron chi connectivity index (χ1n) is 8.30. The zero-order valence-corrected chi connectivity index (χ0v) is 14.0. The molecule has 1 aliphatic carbocycles. The third-order valence-electron chi connectivity index (χ3n) is 4.42. The minimum atomic E-state index is -0.825. The van der Waals surface area contributed by atoms with E-state index in [1.807, 2.05) is 11.8 Å². The fraction of sp³-hybridized carbons (Fsp3) is 0.412. The summed E-state index contributed by atoms with van der Waals surface area (Å²) in [4.78, 5) is 29.5. The van der Waals surface area contributed by atoms with Crippen LogP contribution in [0.25, 0.3) is 5.82 Å². The highest BCUT2D eigenvalue weighted by molar-refractivity contribution is 5.92. The lowest BCUT2D eigenvalue weighted by atomic mass is 9.85. The molecule has 2 heterocycles. The van der Waals surface area contributed by atoms with Gasteiger partial charge >= 0.3 is 5.97 Å². The van der Waals surface area contributed by atoms with Gasteiger partial charge in [0.2, 0.25) is 0 Å². The van der Waals surface area contributed by atoms with Gasteiger partial charge in [-0.05, 0) is 37.6 Å². The number of rotatable bonds is 7. The highest BCUT2D eigenvalue weighted by atomic mass is 16.4. The zero-order valence-electron chi connectivity index (χ0n) is 14.0. The van der Waals surface area contributed by atoms with Crippen molar-refractivity contribution < 1.29 is 14.7 Å². The molecule has 0 atom stereocenters. The molecule has 0 unspecified atom stereocenters. The summed E-state index contributed by atoms with van der Waals surface area (Å²) in [6, 6.07) is 7.27. The van der Waals surface area contributed by atoms with Crippen LogP contribution in [0.3, 0.4) is 0 Å². The molecule has 0 bridgehead atoms. The van der Waals surface area contributed by atoms with Gasteiger partial charge in [-0.25, -0.2) is 9.67 Å². The second-order valence-corrected chi connectivity index (χ2v) is 6.08. The molecular weight excluding hydrogens is 322 g/mol. The topological polar surface area (TPSA) is 100 Å². The van der Waals surface area contributed by atoms with Crippen molar-refractivity contribution in [3.8, 4) is 5.82 Å². The molecule has 0 radical (unpaired) electrons. The van der Waals surface area contributed by atoms with E-state index in [1.54, 1.807) is 41.3 Å². The summed E-state index contributed by atoms with van der Waals surface area (Å²) in [7, 11) is 0. The Hall–Kier alpha value is -2.74. The first-order chi connectivity index (χ1) is 12.1. The quantitative estimate of drug-likeness (QED) is 0.776. The number of hydrogen-bond acceptors (Lipinski definition) is 5. The van der Waals surface area contributed by atoms with E-state index >= 15 is 0 Å². The molecule has 0 saturated heterocycles. The van der Waals surface area contributed by atoms with E-state index in [0.29, 0.717) is 18.1 Å². The highest BCUT2D eigenvalue weighted by Crippen LogP contribution is 2.25. The maximum Gasteiger partial charge on any atom is 0.317 e. The van der Waals surface area contributed by atoms with Crippen molar-refractivity contribution in [2.75, 3.05) is 13.1 Å². The van der Waals surface area contributed by atoms with Crippen molar-refractivity contribution >= 4 is 11.9 Å². The van der Waals surface area contributed by atoms with E-state index in [-0.39, 0.29) is 24.5 Å². The molecule has 1 fully saturated rings. The van der Waals surface area contributed by atoms with Crippen molar-refractivity contribution in [3.05, 3.63) is 42.4 Å². The number of nitrogens with zero attached hydrogens (tertiary/aromatic N) is 4. The molecule has 132 valence electrons. The van der Waals surface area contributed by atoms with Crippen LogP contribution >= 0.6 is 0 Å². The van der Waals surface area contributed by atoms with Gasteiger partial charge < -0.3 is 10.4 Å². The van der Waals surface area contributed by atoms with Crippen molar-refractivity contribution in [1.82, 2.24) is 25.0 Å². The minimum Gasteiger partial charge on any atom is -0.480 e. The summed E-state index contributed by atoms with van der Waals surface area (Å²) < 4.78 is 1.60. The number of pyridine rings is 1. The predicted octanol–water partition coefficient (Wildman–Crippen LogP) is 0.935. The third-order valence-corrected chi connectivity index (χ3v) is 4.42. The maximum atomic E-state index is 12.4. The summed E-state index contributed by atoms with van der Waals surface area (Å²) in [6.45, 7) is 2.67. The van der Waals surface area contributed by atoms with E-state index < -0.39 is 5.97 Å².